The van der Waals surface area contributed by atoms with Crippen LogP contribution in [0.2, 0.25) is 0 Å². The Balaban J connectivity index is 2.73. The number of aliphatic hydroxyl groups excluding tert-OH is 1. The van der Waals surface area contributed by atoms with Gasteiger partial charge in [0, 0.05) is 6.04 Å². The first-order valence-corrected chi connectivity index (χ1v) is 5.33. The number of phenolic OH excluding ortho intramolecular Hbond substituents is 1. The topological polar surface area (TPSA) is 52.5 Å². The number of nitrogens with one attached hydrogen (secondary N) is 1. The molecule has 0 spiro atoms. The molecule has 0 aliphatic rings. The molecule has 0 aliphatic carbocycles. The highest BCUT2D eigenvalue weighted by molar-refractivity contribution is 5.29. The van der Waals surface area contributed by atoms with E-state index < -0.39 is 0 Å². The van der Waals surface area contributed by atoms with E-state index in [1.54, 1.807) is 18.2 Å². The summed E-state index contributed by atoms with van der Waals surface area (Å²) in [7, 11) is 0. The fraction of sp³-hybridized carbons (Fsp3) is 0.500. The Hall–Kier alpha value is -1.06. The molecule has 1 aromatic carbocycles. The van der Waals surface area contributed by atoms with Crippen molar-refractivity contribution in [2.75, 3.05) is 6.61 Å². The monoisotopic (exact) mass is 209 g/mol. The lowest BCUT2D eigenvalue weighted by molar-refractivity contribution is 0.234. The van der Waals surface area contributed by atoms with E-state index in [1.165, 1.54) is 0 Å². The SMILES string of the molecule is CCC(C)NC(CO)c1cccc(O)c1. The second-order valence-corrected chi connectivity index (χ2v) is 3.81. The van der Waals surface area contributed by atoms with Crippen LogP contribution in [0.25, 0.3) is 0 Å². The van der Waals surface area contributed by atoms with Crippen molar-refractivity contribution in [2.45, 2.75) is 32.4 Å². The first-order valence-electron chi connectivity index (χ1n) is 5.33. The third-order valence-electron chi connectivity index (χ3n) is 2.55. The molecule has 84 valence electrons. The van der Waals surface area contributed by atoms with E-state index in [2.05, 4.69) is 19.2 Å². The van der Waals surface area contributed by atoms with Gasteiger partial charge in [-0.25, -0.2) is 0 Å². The highest BCUT2D eigenvalue weighted by Crippen LogP contribution is 2.18. The van der Waals surface area contributed by atoms with Gasteiger partial charge in [0.1, 0.15) is 5.75 Å². The molecule has 0 saturated heterocycles. The molecule has 3 heteroatoms. The largest absolute Gasteiger partial charge is 0.508 e. The van der Waals surface area contributed by atoms with Crippen LogP contribution in [0.3, 0.4) is 0 Å². The smallest absolute Gasteiger partial charge is 0.115 e. The first-order chi connectivity index (χ1) is 7.17. The zero-order valence-corrected chi connectivity index (χ0v) is 9.27. The molecular weight excluding hydrogens is 190 g/mol. The predicted octanol–water partition coefficient (Wildman–Crippen LogP) is 1.81. The van der Waals surface area contributed by atoms with Gasteiger partial charge in [-0.3, -0.25) is 0 Å². The lowest BCUT2D eigenvalue weighted by Gasteiger charge is -2.21. The van der Waals surface area contributed by atoms with Crippen LogP contribution in [0.4, 0.5) is 0 Å². The highest BCUT2D eigenvalue weighted by atomic mass is 16.3. The molecule has 0 amide bonds. The van der Waals surface area contributed by atoms with Gasteiger partial charge >= 0.3 is 0 Å². The van der Waals surface area contributed by atoms with Gasteiger partial charge in [0.2, 0.25) is 0 Å². The van der Waals surface area contributed by atoms with E-state index >= 15 is 0 Å². The van der Waals surface area contributed by atoms with E-state index in [0.29, 0.717) is 6.04 Å². The van der Waals surface area contributed by atoms with Gasteiger partial charge in [0.25, 0.3) is 0 Å². The van der Waals surface area contributed by atoms with Crippen molar-refractivity contribution < 1.29 is 10.2 Å². The van der Waals surface area contributed by atoms with Crippen molar-refractivity contribution >= 4 is 0 Å². The molecule has 3 nitrogen and oxygen atoms in total. The Kier molecular flexibility index (Phi) is 4.59. The summed E-state index contributed by atoms with van der Waals surface area (Å²) in [6.07, 6.45) is 1.01. The number of benzene rings is 1. The maximum absolute atomic E-state index is 9.34. The first kappa shape index (κ1) is 12.0. The molecule has 0 radical (unpaired) electrons. The second kappa shape index (κ2) is 5.73. The zero-order valence-electron chi connectivity index (χ0n) is 9.27. The molecule has 0 heterocycles. The van der Waals surface area contributed by atoms with Crippen LogP contribution in [0.1, 0.15) is 31.9 Å². The number of hydrogen-bond acceptors (Lipinski definition) is 3. The fourth-order valence-electron chi connectivity index (χ4n) is 1.46. The average Bonchev–Trinajstić information content (AvgIpc) is 2.25. The van der Waals surface area contributed by atoms with Crippen molar-refractivity contribution in [1.29, 1.82) is 0 Å². The summed E-state index contributed by atoms with van der Waals surface area (Å²) in [5.41, 5.74) is 0.915. The summed E-state index contributed by atoms with van der Waals surface area (Å²) in [5.74, 6) is 0.233. The number of phenols is 1. The zero-order chi connectivity index (χ0) is 11.3. The molecule has 3 N–H and O–H groups in total. The van der Waals surface area contributed by atoms with Crippen molar-refractivity contribution in [1.82, 2.24) is 5.32 Å². The van der Waals surface area contributed by atoms with Crippen LogP contribution in [0, 0.1) is 0 Å². The Bertz CT molecular complexity index is 301. The molecule has 0 aromatic heterocycles. The van der Waals surface area contributed by atoms with Gasteiger partial charge < -0.3 is 15.5 Å². The van der Waals surface area contributed by atoms with Gasteiger partial charge in [-0.2, -0.15) is 0 Å². The Morgan fingerprint density at radius 3 is 2.67 bits per heavy atom. The van der Waals surface area contributed by atoms with Crippen LogP contribution in [-0.2, 0) is 0 Å². The third-order valence-corrected chi connectivity index (χ3v) is 2.55. The Morgan fingerprint density at radius 2 is 2.13 bits per heavy atom. The molecule has 2 unspecified atom stereocenters. The van der Waals surface area contributed by atoms with Crippen LogP contribution < -0.4 is 5.32 Å². The molecule has 2 atom stereocenters. The van der Waals surface area contributed by atoms with Crippen LogP contribution in [0.15, 0.2) is 24.3 Å². The second-order valence-electron chi connectivity index (χ2n) is 3.81. The summed E-state index contributed by atoms with van der Waals surface area (Å²) in [6, 6.07) is 7.23. The molecule has 1 rings (SSSR count). The maximum atomic E-state index is 9.34. The number of aromatic hydroxyl groups is 1. The number of rotatable bonds is 5. The summed E-state index contributed by atoms with van der Waals surface area (Å²) in [5, 5.41) is 21.9. The number of hydrogen-bond donors (Lipinski definition) is 3. The van der Waals surface area contributed by atoms with Crippen LogP contribution in [-0.4, -0.2) is 22.9 Å². The molecule has 0 saturated carbocycles. The Morgan fingerprint density at radius 1 is 1.40 bits per heavy atom. The van der Waals surface area contributed by atoms with E-state index in [9.17, 15) is 10.2 Å². The maximum Gasteiger partial charge on any atom is 0.115 e. The third kappa shape index (κ3) is 3.53. The quantitative estimate of drug-likeness (QED) is 0.693. The van der Waals surface area contributed by atoms with Crippen LogP contribution >= 0.6 is 0 Å². The lowest BCUT2D eigenvalue weighted by atomic mass is 10.1. The van der Waals surface area contributed by atoms with Gasteiger partial charge in [0.15, 0.2) is 0 Å². The molecular formula is C12H19NO2. The van der Waals surface area contributed by atoms with E-state index in [4.69, 9.17) is 0 Å². The normalized spacial score (nSPS) is 14.9. The van der Waals surface area contributed by atoms with Crippen LogP contribution in [0.5, 0.6) is 5.75 Å². The van der Waals surface area contributed by atoms with E-state index in [1.807, 2.05) is 6.07 Å². The molecule has 0 bridgehead atoms. The highest BCUT2D eigenvalue weighted by Gasteiger charge is 2.12. The van der Waals surface area contributed by atoms with Crippen molar-refractivity contribution in [3.8, 4) is 5.75 Å². The molecule has 15 heavy (non-hydrogen) atoms. The van der Waals surface area contributed by atoms with E-state index in [-0.39, 0.29) is 18.4 Å². The fourth-order valence-corrected chi connectivity index (χ4v) is 1.46. The molecule has 0 fully saturated rings. The van der Waals surface area contributed by atoms with Crippen molar-refractivity contribution in [3.63, 3.8) is 0 Å². The minimum atomic E-state index is -0.105. The minimum absolute atomic E-state index is 0.0355. The lowest BCUT2D eigenvalue weighted by Crippen LogP contribution is -2.32. The summed E-state index contributed by atoms with van der Waals surface area (Å²) >= 11 is 0. The van der Waals surface area contributed by atoms with E-state index in [0.717, 1.165) is 12.0 Å². The predicted molar refractivity (Wildman–Crippen MR) is 60.8 cm³/mol. The van der Waals surface area contributed by atoms with Gasteiger partial charge in [0.05, 0.1) is 12.6 Å². The molecule has 0 aliphatic heterocycles. The Labute approximate surface area is 90.8 Å². The average molecular weight is 209 g/mol. The number of aliphatic hydroxyl groups is 1. The standard InChI is InChI=1S/C12H19NO2/c1-3-9(2)13-12(8-14)10-5-4-6-11(15)7-10/h4-7,9,12-15H,3,8H2,1-2H3. The van der Waals surface area contributed by atoms with Gasteiger partial charge in [-0.15, -0.1) is 0 Å². The molecule has 1 aromatic rings. The summed E-state index contributed by atoms with van der Waals surface area (Å²) in [6.45, 7) is 4.20. The summed E-state index contributed by atoms with van der Waals surface area (Å²) in [4.78, 5) is 0. The summed E-state index contributed by atoms with van der Waals surface area (Å²) < 4.78 is 0. The van der Waals surface area contributed by atoms with Crippen molar-refractivity contribution in [2.24, 2.45) is 0 Å². The van der Waals surface area contributed by atoms with Gasteiger partial charge in [-0.05, 0) is 31.0 Å². The van der Waals surface area contributed by atoms with Crippen molar-refractivity contribution in [3.05, 3.63) is 29.8 Å². The van der Waals surface area contributed by atoms with Gasteiger partial charge in [-0.1, -0.05) is 19.1 Å². The minimum Gasteiger partial charge on any atom is -0.508 e.